The molecule has 1 aliphatic rings. The Bertz CT molecular complexity index is 719. The van der Waals surface area contributed by atoms with Crippen LogP contribution in [0.5, 0.6) is 0 Å². The molecule has 1 atom stereocenters. The highest BCUT2D eigenvalue weighted by atomic mass is 32.2. The topological polar surface area (TPSA) is 95.7 Å². The molecule has 2 rings (SSSR count). The molecular formula is C17H28N4O3S. The van der Waals surface area contributed by atoms with Gasteiger partial charge in [0.1, 0.15) is 0 Å². The SMILES string of the molecule is Cc1ccc(S(=O)(=O)N2CCCC(C(=O)NCCN)C2)cc1N(C)C. The number of benzene rings is 1. The van der Waals surface area contributed by atoms with E-state index in [0.717, 1.165) is 11.3 Å². The van der Waals surface area contributed by atoms with E-state index in [4.69, 9.17) is 5.73 Å². The Balaban J connectivity index is 2.21. The number of sulfonamides is 1. The highest BCUT2D eigenvalue weighted by Gasteiger charge is 2.33. The van der Waals surface area contributed by atoms with Gasteiger partial charge in [-0.2, -0.15) is 4.31 Å². The molecule has 1 aliphatic heterocycles. The van der Waals surface area contributed by atoms with E-state index in [1.54, 1.807) is 12.1 Å². The van der Waals surface area contributed by atoms with Crippen molar-refractivity contribution in [3.63, 3.8) is 0 Å². The van der Waals surface area contributed by atoms with Crippen LogP contribution in [0.3, 0.4) is 0 Å². The molecule has 7 nitrogen and oxygen atoms in total. The number of carbonyl (C=O) groups is 1. The van der Waals surface area contributed by atoms with Crippen molar-refractivity contribution in [2.45, 2.75) is 24.7 Å². The summed E-state index contributed by atoms with van der Waals surface area (Å²) in [4.78, 5) is 14.3. The lowest BCUT2D eigenvalue weighted by Gasteiger charge is -2.31. The Labute approximate surface area is 150 Å². The summed E-state index contributed by atoms with van der Waals surface area (Å²) in [5.41, 5.74) is 7.29. The summed E-state index contributed by atoms with van der Waals surface area (Å²) in [6.07, 6.45) is 1.37. The van der Waals surface area contributed by atoms with Gasteiger partial charge in [-0.15, -0.1) is 0 Å². The maximum Gasteiger partial charge on any atom is 0.243 e. The van der Waals surface area contributed by atoms with Gasteiger partial charge in [-0.3, -0.25) is 4.79 Å². The predicted octanol–water partition coefficient (Wildman–Crippen LogP) is 0.537. The molecule has 1 aromatic carbocycles. The zero-order valence-electron chi connectivity index (χ0n) is 15.2. The minimum absolute atomic E-state index is 0.122. The Kier molecular flexibility index (Phi) is 6.42. The molecule has 8 heteroatoms. The number of nitrogens with two attached hydrogens (primary N) is 1. The van der Waals surface area contributed by atoms with Gasteiger partial charge in [0.05, 0.1) is 10.8 Å². The summed E-state index contributed by atoms with van der Waals surface area (Å²) >= 11 is 0. The minimum atomic E-state index is -3.62. The van der Waals surface area contributed by atoms with Gasteiger partial charge in [-0.25, -0.2) is 8.42 Å². The average Bonchev–Trinajstić information content (AvgIpc) is 2.59. The molecule has 3 N–H and O–H groups in total. The second-order valence-electron chi connectivity index (χ2n) is 6.62. The largest absolute Gasteiger partial charge is 0.377 e. The quantitative estimate of drug-likeness (QED) is 0.764. The number of anilines is 1. The van der Waals surface area contributed by atoms with Gasteiger partial charge in [0, 0.05) is 46.0 Å². The Morgan fingerprint density at radius 1 is 1.40 bits per heavy atom. The number of carbonyl (C=O) groups excluding carboxylic acids is 1. The summed E-state index contributed by atoms with van der Waals surface area (Å²) < 4.78 is 27.4. The molecule has 1 amide bonds. The van der Waals surface area contributed by atoms with Crippen molar-refractivity contribution >= 4 is 21.6 Å². The van der Waals surface area contributed by atoms with Crippen LogP contribution in [-0.2, 0) is 14.8 Å². The van der Waals surface area contributed by atoms with E-state index in [1.807, 2.05) is 32.0 Å². The summed E-state index contributed by atoms with van der Waals surface area (Å²) in [6, 6.07) is 5.15. The number of piperidine rings is 1. The number of nitrogens with zero attached hydrogens (tertiary/aromatic N) is 2. The van der Waals surface area contributed by atoms with Gasteiger partial charge in [0.2, 0.25) is 15.9 Å². The molecule has 0 radical (unpaired) electrons. The number of nitrogens with one attached hydrogen (secondary N) is 1. The van der Waals surface area contributed by atoms with Crippen LogP contribution in [0.25, 0.3) is 0 Å². The van der Waals surface area contributed by atoms with Crippen molar-refractivity contribution < 1.29 is 13.2 Å². The zero-order valence-corrected chi connectivity index (χ0v) is 16.0. The lowest BCUT2D eigenvalue weighted by atomic mass is 9.99. The Morgan fingerprint density at radius 3 is 2.76 bits per heavy atom. The second-order valence-corrected chi connectivity index (χ2v) is 8.56. The molecule has 0 saturated carbocycles. The van der Waals surface area contributed by atoms with Crippen molar-refractivity contribution in [2.75, 3.05) is 45.2 Å². The number of rotatable bonds is 6. The molecule has 0 spiro atoms. The van der Waals surface area contributed by atoms with E-state index in [2.05, 4.69) is 5.32 Å². The molecule has 1 unspecified atom stereocenters. The smallest absolute Gasteiger partial charge is 0.243 e. The lowest BCUT2D eigenvalue weighted by Crippen LogP contribution is -2.46. The molecule has 25 heavy (non-hydrogen) atoms. The average molecular weight is 369 g/mol. The van der Waals surface area contributed by atoms with Crippen LogP contribution in [0.4, 0.5) is 5.69 Å². The molecule has 1 saturated heterocycles. The van der Waals surface area contributed by atoms with Crippen molar-refractivity contribution in [3.8, 4) is 0 Å². The molecular weight excluding hydrogens is 340 g/mol. The van der Waals surface area contributed by atoms with Crippen molar-refractivity contribution in [2.24, 2.45) is 11.7 Å². The van der Waals surface area contributed by atoms with Crippen LogP contribution < -0.4 is 16.0 Å². The van der Waals surface area contributed by atoms with Crippen LogP contribution in [-0.4, -0.2) is 58.9 Å². The molecule has 0 bridgehead atoms. The van der Waals surface area contributed by atoms with Gasteiger partial charge in [-0.05, 0) is 37.5 Å². The molecule has 1 heterocycles. The minimum Gasteiger partial charge on any atom is -0.377 e. The molecule has 140 valence electrons. The summed E-state index contributed by atoms with van der Waals surface area (Å²) in [5.74, 6) is -0.447. The van der Waals surface area contributed by atoms with Gasteiger partial charge >= 0.3 is 0 Å². The first-order chi connectivity index (χ1) is 11.8. The van der Waals surface area contributed by atoms with Crippen LogP contribution in [0, 0.1) is 12.8 Å². The Morgan fingerprint density at radius 2 is 2.12 bits per heavy atom. The number of aryl methyl sites for hydroxylation is 1. The van der Waals surface area contributed by atoms with Crippen LogP contribution in [0.15, 0.2) is 23.1 Å². The molecule has 1 aromatic rings. The van der Waals surface area contributed by atoms with Crippen LogP contribution in [0.1, 0.15) is 18.4 Å². The molecule has 0 aromatic heterocycles. The first-order valence-electron chi connectivity index (χ1n) is 8.53. The van der Waals surface area contributed by atoms with Crippen molar-refractivity contribution in [3.05, 3.63) is 23.8 Å². The fourth-order valence-electron chi connectivity index (χ4n) is 3.09. The number of amides is 1. The summed E-state index contributed by atoms with van der Waals surface area (Å²) in [5, 5.41) is 2.75. The number of hydrogen-bond donors (Lipinski definition) is 2. The summed E-state index contributed by atoms with van der Waals surface area (Å²) in [6.45, 7) is 3.38. The van der Waals surface area contributed by atoms with E-state index >= 15 is 0 Å². The van der Waals surface area contributed by atoms with E-state index in [0.29, 0.717) is 32.5 Å². The number of hydrogen-bond acceptors (Lipinski definition) is 5. The third kappa shape index (κ3) is 4.50. The van der Waals surface area contributed by atoms with Gasteiger partial charge in [-0.1, -0.05) is 6.07 Å². The molecule has 0 aliphatic carbocycles. The van der Waals surface area contributed by atoms with Gasteiger partial charge < -0.3 is 16.0 Å². The van der Waals surface area contributed by atoms with Crippen molar-refractivity contribution in [1.29, 1.82) is 0 Å². The van der Waals surface area contributed by atoms with E-state index in [-0.39, 0.29) is 23.3 Å². The van der Waals surface area contributed by atoms with Crippen LogP contribution in [0.2, 0.25) is 0 Å². The second kappa shape index (κ2) is 8.16. The summed E-state index contributed by atoms with van der Waals surface area (Å²) in [7, 11) is 0.153. The van der Waals surface area contributed by atoms with Gasteiger partial charge in [0.25, 0.3) is 0 Å². The van der Waals surface area contributed by atoms with E-state index in [9.17, 15) is 13.2 Å². The highest BCUT2D eigenvalue weighted by Crippen LogP contribution is 2.27. The van der Waals surface area contributed by atoms with E-state index < -0.39 is 10.0 Å². The Hall–Kier alpha value is -1.64. The van der Waals surface area contributed by atoms with Crippen molar-refractivity contribution in [1.82, 2.24) is 9.62 Å². The fraction of sp³-hybridized carbons (Fsp3) is 0.588. The third-order valence-electron chi connectivity index (χ3n) is 4.50. The first-order valence-corrected chi connectivity index (χ1v) is 9.97. The maximum absolute atomic E-state index is 13.0. The zero-order chi connectivity index (χ0) is 18.6. The monoisotopic (exact) mass is 368 g/mol. The predicted molar refractivity (Wildman–Crippen MR) is 99.1 cm³/mol. The standard InChI is InChI=1S/C17H28N4O3S/c1-13-6-7-15(11-16(13)20(2)3)25(23,24)21-10-4-5-14(12-21)17(22)19-9-8-18/h6-7,11,14H,4-5,8-10,12,18H2,1-3H3,(H,19,22). The third-order valence-corrected chi connectivity index (χ3v) is 6.36. The highest BCUT2D eigenvalue weighted by molar-refractivity contribution is 7.89. The van der Waals surface area contributed by atoms with E-state index in [1.165, 1.54) is 4.31 Å². The normalized spacial score (nSPS) is 18.8. The molecule has 1 fully saturated rings. The van der Waals surface area contributed by atoms with Gasteiger partial charge in [0.15, 0.2) is 0 Å². The first kappa shape index (κ1) is 19.7. The van der Waals surface area contributed by atoms with Crippen LogP contribution >= 0.6 is 0 Å². The maximum atomic E-state index is 13.0. The lowest BCUT2D eigenvalue weighted by molar-refractivity contribution is -0.126. The fourth-order valence-corrected chi connectivity index (χ4v) is 4.64.